The summed E-state index contributed by atoms with van der Waals surface area (Å²) in [6.45, 7) is 3.14. The van der Waals surface area contributed by atoms with Crippen LogP contribution in [0.2, 0.25) is 5.02 Å². The maximum absolute atomic E-state index is 13.6. The first-order valence-electron chi connectivity index (χ1n) is 11.4. The molecule has 0 bridgehead atoms. The molecule has 0 heterocycles. The summed E-state index contributed by atoms with van der Waals surface area (Å²) in [6, 6.07) is 13.6. The van der Waals surface area contributed by atoms with E-state index in [1.165, 1.54) is 4.90 Å². The van der Waals surface area contributed by atoms with Gasteiger partial charge >= 0.3 is 0 Å². The van der Waals surface area contributed by atoms with E-state index in [1.807, 2.05) is 30.3 Å². The fourth-order valence-corrected chi connectivity index (χ4v) is 5.29. The predicted octanol–water partition coefficient (Wildman–Crippen LogP) is 3.89. The highest BCUT2D eigenvalue weighted by atomic mass is 35.5. The van der Waals surface area contributed by atoms with E-state index in [1.54, 1.807) is 32.0 Å². The van der Waals surface area contributed by atoms with Crippen LogP contribution in [0.4, 0.5) is 5.69 Å². The summed E-state index contributed by atoms with van der Waals surface area (Å²) in [7, 11) is -3.80. The van der Waals surface area contributed by atoms with Gasteiger partial charge in [0, 0.05) is 17.6 Å². The Bertz CT molecular complexity index is 1120. The molecule has 184 valence electrons. The van der Waals surface area contributed by atoms with Crippen LogP contribution in [0.15, 0.2) is 48.5 Å². The molecular formula is C25H32ClN3O4S. The van der Waals surface area contributed by atoms with Gasteiger partial charge < -0.3 is 10.2 Å². The number of nitrogens with one attached hydrogen (secondary N) is 1. The van der Waals surface area contributed by atoms with Crippen LogP contribution in [0, 0.1) is 6.92 Å². The summed E-state index contributed by atoms with van der Waals surface area (Å²) in [5.41, 5.74) is 1.75. The summed E-state index contributed by atoms with van der Waals surface area (Å²) in [5, 5.41) is 3.46. The van der Waals surface area contributed by atoms with E-state index in [4.69, 9.17) is 11.6 Å². The van der Waals surface area contributed by atoms with Crippen LogP contribution in [0.5, 0.6) is 0 Å². The minimum Gasteiger partial charge on any atom is -0.352 e. The summed E-state index contributed by atoms with van der Waals surface area (Å²) in [6.07, 6.45) is 5.07. The van der Waals surface area contributed by atoms with Crippen molar-refractivity contribution in [3.8, 4) is 0 Å². The zero-order valence-electron chi connectivity index (χ0n) is 19.8. The second-order valence-corrected chi connectivity index (χ2v) is 11.1. The molecule has 1 aliphatic rings. The van der Waals surface area contributed by atoms with Gasteiger partial charge in [0.1, 0.15) is 12.6 Å². The molecule has 1 aliphatic carbocycles. The van der Waals surface area contributed by atoms with E-state index in [2.05, 4.69) is 5.32 Å². The first-order valence-corrected chi connectivity index (χ1v) is 13.7. The van der Waals surface area contributed by atoms with Crippen molar-refractivity contribution in [3.63, 3.8) is 0 Å². The molecule has 1 saturated carbocycles. The number of amides is 2. The van der Waals surface area contributed by atoms with E-state index >= 15 is 0 Å². The molecule has 34 heavy (non-hydrogen) atoms. The summed E-state index contributed by atoms with van der Waals surface area (Å²) >= 11 is 6.22. The van der Waals surface area contributed by atoms with Crippen LogP contribution in [-0.4, -0.2) is 50.0 Å². The maximum atomic E-state index is 13.6. The Morgan fingerprint density at radius 3 is 2.35 bits per heavy atom. The van der Waals surface area contributed by atoms with Crippen molar-refractivity contribution in [2.45, 2.75) is 58.2 Å². The third-order valence-corrected chi connectivity index (χ3v) is 7.79. The molecule has 9 heteroatoms. The molecule has 0 aliphatic heterocycles. The highest BCUT2D eigenvalue weighted by molar-refractivity contribution is 7.92. The van der Waals surface area contributed by atoms with Crippen molar-refractivity contribution < 1.29 is 18.0 Å². The molecule has 0 spiro atoms. The zero-order chi connectivity index (χ0) is 24.9. The Kier molecular flexibility index (Phi) is 8.60. The Hall–Kier alpha value is -2.58. The van der Waals surface area contributed by atoms with Gasteiger partial charge in [0.05, 0.1) is 11.9 Å². The fourth-order valence-electron chi connectivity index (χ4n) is 4.22. The molecule has 2 aromatic carbocycles. The van der Waals surface area contributed by atoms with Crippen molar-refractivity contribution in [1.82, 2.24) is 10.2 Å². The molecule has 0 saturated heterocycles. The molecule has 0 aromatic heterocycles. The smallest absolute Gasteiger partial charge is 0.244 e. The highest BCUT2D eigenvalue weighted by Gasteiger charge is 2.31. The molecule has 7 nitrogen and oxygen atoms in total. The molecule has 2 aromatic rings. The second-order valence-electron chi connectivity index (χ2n) is 8.83. The van der Waals surface area contributed by atoms with Crippen LogP contribution in [0.25, 0.3) is 0 Å². The number of nitrogens with zero attached hydrogens (tertiary/aromatic N) is 2. The van der Waals surface area contributed by atoms with Gasteiger partial charge in [0.2, 0.25) is 21.8 Å². The molecule has 1 unspecified atom stereocenters. The zero-order valence-corrected chi connectivity index (χ0v) is 21.4. The number of rotatable bonds is 9. The molecule has 1 fully saturated rings. The third kappa shape index (κ3) is 6.51. The maximum Gasteiger partial charge on any atom is 0.244 e. The molecule has 2 amide bonds. The number of carbonyl (C=O) groups is 2. The first kappa shape index (κ1) is 26.0. The second kappa shape index (κ2) is 11.2. The topological polar surface area (TPSA) is 86.8 Å². The van der Waals surface area contributed by atoms with Crippen molar-refractivity contribution >= 4 is 39.1 Å². The summed E-state index contributed by atoms with van der Waals surface area (Å²) in [4.78, 5) is 28.0. The standard InChI is InChI=1S/C25H32ClN3O4S/c1-18-22(26)14-9-15-23(18)29(34(3,32)33)17-24(30)28(16-20-10-5-4-6-11-20)19(2)25(31)27-21-12-7-8-13-21/h4-6,9-11,14-15,19,21H,7-8,12-13,16-17H2,1-3H3,(H,27,31). The largest absolute Gasteiger partial charge is 0.352 e. The Balaban J connectivity index is 1.89. The monoisotopic (exact) mass is 505 g/mol. The fraction of sp³-hybridized carbons (Fsp3) is 0.440. The number of sulfonamides is 1. The van der Waals surface area contributed by atoms with Crippen LogP contribution in [-0.2, 0) is 26.2 Å². The van der Waals surface area contributed by atoms with Gasteiger partial charge in [-0.1, -0.05) is 60.8 Å². The molecule has 3 rings (SSSR count). The molecule has 0 radical (unpaired) electrons. The van der Waals surface area contributed by atoms with Crippen molar-refractivity contribution in [2.75, 3.05) is 17.1 Å². The van der Waals surface area contributed by atoms with Crippen molar-refractivity contribution in [1.29, 1.82) is 0 Å². The highest BCUT2D eigenvalue weighted by Crippen LogP contribution is 2.28. The minimum absolute atomic E-state index is 0.116. The summed E-state index contributed by atoms with van der Waals surface area (Å²) in [5.74, 6) is -0.705. The lowest BCUT2D eigenvalue weighted by Crippen LogP contribution is -2.52. The average molecular weight is 506 g/mol. The van der Waals surface area contributed by atoms with Crippen LogP contribution in [0.3, 0.4) is 0 Å². The van der Waals surface area contributed by atoms with E-state index in [9.17, 15) is 18.0 Å². The lowest BCUT2D eigenvalue weighted by atomic mass is 10.1. The number of benzene rings is 2. The first-order chi connectivity index (χ1) is 16.1. The predicted molar refractivity (Wildman–Crippen MR) is 135 cm³/mol. The van der Waals surface area contributed by atoms with Crippen LogP contribution in [0.1, 0.15) is 43.7 Å². The van der Waals surface area contributed by atoms with Gasteiger partial charge in [0.25, 0.3) is 0 Å². The lowest BCUT2D eigenvalue weighted by molar-refractivity contribution is -0.139. The number of anilines is 1. The number of halogens is 1. The Labute approximate surface area is 207 Å². The van der Waals surface area contributed by atoms with E-state index < -0.39 is 28.5 Å². The third-order valence-electron chi connectivity index (χ3n) is 6.25. The number of hydrogen-bond acceptors (Lipinski definition) is 4. The van der Waals surface area contributed by atoms with E-state index in [0.29, 0.717) is 16.3 Å². The van der Waals surface area contributed by atoms with Gasteiger partial charge in [-0.3, -0.25) is 13.9 Å². The number of carbonyl (C=O) groups excluding carboxylic acids is 2. The Morgan fingerprint density at radius 2 is 1.74 bits per heavy atom. The summed E-state index contributed by atoms with van der Waals surface area (Å²) < 4.78 is 26.4. The van der Waals surface area contributed by atoms with Gasteiger partial charge in [-0.15, -0.1) is 0 Å². The van der Waals surface area contributed by atoms with E-state index in [0.717, 1.165) is 41.8 Å². The van der Waals surface area contributed by atoms with E-state index in [-0.39, 0.29) is 18.5 Å². The normalized spacial score (nSPS) is 15.1. The minimum atomic E-state index is -3.80. The van der Waals surface area contributed by atoms with Crippen molar-refractivity contribution in [3.05, 3.63) is 64.7 Å². The van der Waals surface area contributed by atoms with Gasteiger partial charge in [-0.05, 0) is 49.9 Å². The quantitative estimate of drug-likeness (QED) is 0.560. The van der Waals surface area contributed by atoms with Crippen molar-refractivity contribution in [2.24, 2.45) is 0 Å². The average Bonchev–Trinajstić information content (AvgIpc) is 3.30. The van der Waals surface area contributed by atoms with Gasteiger partial charge in [0.15, 0.2) is 0 Å². The van der Waals surface area contributed by atoms with Gasteiger partial charge in [-0.2, -0.15) is 0 Å². The molecular weight excluding hydrogens is 474 g/mol. The Morgan fingerprint density at radius 1 is 1.09 bits per heavy atom. The van der Waals surface area contributed by atoms with Crippen LogP contribution < -0.4 is 9.62 Å². The molecule has 1 N–H and O–H groups in total. The van der Waals surface area contributed by atoms with Gasteiger partial charge in [-0.25, -0.2) is 8.42 Å². The molecule has 1 atom stereocenters. The number of hydrogen-bond donors (Lipinski definition) is 1. The van der Waals surface area contributed by atoms with Crippen LogP contribution >= 0.6 is 11.6 Å². The SMILES string of the molecule is Cc1c(Cl)cccc1N(CC(=O)N(Cc1ccccc1)C(C)C(=O)NC1CCCC1)S(C)(=O)=O. The lowest BCUT2D eigenvalue weighted by Gasteiger charge is -2.32.